The van der Waals surface area contributed by atoms with Crippen LogP contribution in [-0.2, 0) is 0 Å². The maximum Gasteiger partial charge on any atom is 0.173 e. The lowest BCUT2D eigenvalue weighted by molar-refractivity contribution is 0.0737. The molecule has 2 aromatic carbocycles. The molecule has 7 heteroatoms. The maximum absolute atomic E-state index is 10.2. The second-order valence-electron chi connectivity index (χ2n) is 10.0. The van der Waals surface area contributed by atoms with E-state index in [1.807, 2.05) is 24.3 Å². The van der Waals surface area contributed by atoms with Gasteiger partial charge in [0.25, 0.3) is 0 Å². The molecule has 35 heavy (non-hydrogen) atoms. The van der Waals surface area contributed by atoms with Crippen molar-refractivity contribution in [3.8, 4) is 0 Å². The van der Waals surface area contributed by atoms with Crippen LogP contribution in [0.15, 0.2) is 59.2 Å². The van der Waals surface area contributed by atoms with Crippen molar-refractivity contribution in [3.05, 3.63) is 64.8 Å². The number of piperidine rings is 2. The van der Waals surface area contributed by atoms with Crippen LogP contribution in [0.3, 0.4) is 0 Å². The first-order chi connectivity index (χ1) is 17.1. The number of nitrogens with zero attached hydrogens (tertiary/aromatic N) is 2. The number of aromatic nitrogens is 1. The smallest absolute Gasteiger partial charge is 0.173 e. The summed E-state index contributed by atoms with van der Waals surface area (Å²) in [7, 11) is 0. The van der Waals surface area contributed by atoms with E-state index in [-0.39, 0.29) is 12.6 Å². The van der Waals surface area contributed by atoms with Crippen LogP contribution in [0, 0.1) is 5.92 Å². The van der Waals surface area contributed by atoms with Crippen molar-refractivity contribution in [1.29, 1.82) is 0 Å². The molecule has 0 saturated carbocycles. The second-order valence-corrected chi connectivity index (χ2v) is 11.3. The number of rotatable bonds is 6. The molecular weight excluding hydrogens is 520 g/mol. The maximum atomic E-state index is 10.2. The Kier molecular flexibility index (Phi) is 8.07. The van der Waals surface area contributed by atoms with Crippen LogP contribution in [0.2, 0.25) is 0 Å². The number of H-pyrrole nitrogens is 1. The molecule has 0 bridgehead atoms. The number of halogens is 1. The number of fused-ring (bicyclic) bond motifs is 1. The van der Waals surface area contributed by atoms with Crippen LogP contribution in [0.1, 0.15) is 43.6 Å². The van der Waals surface area contributed by atoms with Gasteiger partial charge in [0.05, 0.1) is 6.61 Å². The van der Waals surface area contributed by atoms with Crippen molar-refractivity contribution in [2.24, 2.45) is 5.92 Å². The van der Waals surface area contributed by atoms with Gasteiger partial charge in [-0.1, -0.05) is 40.2 Å². The van der Waals surface area contributed by atoms with E-state index in [1.54, 1.807) is 0 Å². The van der Waals surface area contributed by atoms with E-state index in [9.17, 15) is 5.11 Å². The van der Waals surface area contributed by atoms with Gasteiger partial charge in [0, 0.05) is 46.4 Å². The lowest BCUT2D eigenvalue weighted by Crippen LogP contribution is -2.46. The van der Waals surface area contributed by atoms with Crippen LogP contribution in [0.25, 0.3) is 10.9 Å². The Morgan fingerprint density at radius 2 is 1.83 bits per heavy atom. The Balaban J connectivity index is 1.09. The summed E-state index contributed by atoms with van der Waals surface area (Å²) in [5.41, 5.74) is 3.71. The van der Waals surface area contributed by atoms with Gasteiger partial charge < -0.3 is 20.3 Å². The number of thiocarbonyl (C=S) groups is 1. The van der Waals surface area contributed by atoms with Crippen molar-refractivity contribution in [1.82, 2.24) is 14.8 Å². The zero-order chi connectivity index (χ0) is 24.2. The lowest BCUT2D eigenvalue weighted by atomic mass is 9.86. The fraction of sp³-hybridized carbons (Fsp3) is 0.464. The molecule has 1 aromatic heterocycles. The monoisotopic (exact) mass is 554 g/mol. The largest absolute Gasteiger partial charge is 0.395 e. The van der Waals surface area contributed by atoms with Crippen LogP contribution >= 0.6 is 28.1 Å². The number of hydrogen-bond donors (Lipinski definition) is 3. The molecule has 5 rings (SSSR count). The molecule has 186 valence electrons. The van der Waals surface area contributed by atoms with Gasteiger partial charge >= 0.3 is 0 Å². The number of para-hydroxylation sites is 1. The lowest BCUT2D eigenvalue weighted by Gasteiger charge is -2.40. The van der Waals surface area contributed by atoms with E-state index < -0.39 is 0 Å². The molecule has 5 nitrogen and oxygen atoms in total. The molecule has 0 radical (unpaired) electrons. The first kappa shape index (κ1) is 24.8. The summed E-state index contributed by atoms with van der Waals surface area (Å²) < 4.78 is 1.05. The molecule has 0 amide bonds. The van der Waals surface area contributed by atoms with Crippen LogP contribution in [-0.4, -0.2) is 63.8 Å². The van der Waals surface area contributed by atoms with Gasteiger partial charge in [-0.3, -0.25) is 4.90 Å². The molecule has 3 heterocycles. The molecule has 0 spiro atoms. The van der Waals surface area contributed by atoms with Crippen molar-refractivity contribution in [2.75, 3.05) is 38.1 Å². The number of aliphatic hydroxyl groups excluding tert-OH is 1. The number of aromatic amines is 1. The van der Waals surface area contributed by atoms with Gasteiger partial charge in [0.1, 0.15) is 0 Å². The quantitative estimate of drug-likeness (QED) is 0.328. The molecule has 1 atom stereocenters. The minimum absolute atomic E-state index is 0.251. The standard InChI is InChI=1S/C28H35BrN4OS/c29-22-4-3-5-23(17-22)31-28(35)33-12-8-20(9-13-33)16-24(19-34)32-14-10-21(11-15-32)26-18-30-27-7-2-1-6-25(26)27/h1-7,17-18,20-21,24,30,34H,8-16,19H2,(H,31,35). The second kappa shape index (κ2) is 11.4. The molecule has 2 aliphatic rings. The highest BCUT2D eigenvalue weighted by Gasteiger charge is 2.30. The topological polar surface area (TPSA) is 54.5 Å². The summed E-state index contributed by atoms with van der Waals surface area (Å²) in [6, 6.07) is 17.0. The van der Waals surface area contributed by atoms with Gasteiger partial charge in [-0.15, -0.1) is 0 Å². The first-order valence-electron chi connectivity index (χ1n) is 12.8. The van der Waals surface area contributed by atoms with Crippen molar-refractivity contribution >= 4 is 49.9 Å². The summed E-state index contributed by atoms with van der Waals surface area (Å²) in [6.07, 6.45) is 7.86. The zero-order valence-electron chi connectivity index (χ0n) is 20.1. The summed E-state index contributed by atoms with van der Waals surface area (Å²) in [5, 5.41) is 15.8. The van der Waals surface area contributed by atoms with Crippen LogP contribution in [0.5, 0.6) is 0 Å². The Bertz CT molecular complexity index is 1130. The van der Waals surface area contributed by atoms with E-state index in [0.717, 1.165) is 73.6 Å². The highest BCUT2D eigenvalue weighted by molar-refractivity contribution is 9.10. The Hall–Kier alpha value is -1.93. The Labute approximate surface area is 222 Å². The van der Waals surface area contributed by atoms with E-state index in [0.29, 0.717) is 11.8 Å². The molecule has 3 aromatic rings. The van der Waals surface area contributed by atoms with Crippen LogP contribution < -0.4 is 5.32 Å². The third kappa shape index (κ3) is 5.91. The third-order valence-corrected chi connectivity index (χ3v) is 8.75. The number of anilines is 1. The van der Waals surface area contributed by atoms with Crippen molar-refractivity contribution < 1.29 is 5.11 Å². The molecular formula is C28H35BrN4OS. The van der Waals surface area contributed by atoms with E-state index in [1.165, 1.54) is 16.5 Å². The summed E-state index contributed by atoms with van der Waals surface area (Å²) in [4.78, 5) is 8.26. The number of nitrogens with one attached hydrogen (secondary N) is 2. The zero-order valence-corrected chi connectivity index (χ0v) is 22.5. The molecule has 2 saturated heterocycles. The number of hydrogen-bond acceptors (Lipinski definition) is 3. The average Bonchev–Trinajstić information content (AvgIpc) is 3.32. The number of aliphatic hydroxyl groups is 1. The Morgan fingerprint density at radius 3 is 2.57 bits per heavy atom. The highest BCUT2D eigenvalue weighted by atomic mass is 79.9. The fourth-order valence-corrected chi connectivity index (χ4v) is 6.57. The summed E-state index contributed by atoms with van der Waals surface area (Å²) >= 11 is 9.19. The van der Waals surface area contributed by atoms with Gasteiger partial charge in [-0.25, -0.2) is 0 Å². The van der Waals surface area contributed by atoms with Gasteiger partial charge in [-0.2, -0.15) is 0 Å². The van der Waals surface area contributed by atoms with Crippen LogP contribution in [0.4, 0.5) is 5.69 Å². The number of likely N-dealkylation sites (tertiary alicyclic amines) is 2. The van der Waals surface area contributed by atoms with Crippen molar-refractivity contribution in [3.63, 3.8) is 0 Å². The normalized spacial score (nSPS) is 19.2. The predicted octanol–water partition coefficient (Wildman–Crippen LogP) is 5.97. The third-order valence-electron chi connectivity index (χ3n) is 7.90. The van der Waals surface area contributed by atoms with Crippen molar-refractivity contribution in [2.45, 2.75) is 44.1 Å². The summed E-state index contributed by atoms with van der Waals surface area (Å²) in [6.45, 7) is 4.33. The molecule has 2 fully saturated rings. The van der Waals surface area contributed by atoms with Gasteiger partial charge in [0.2, 0.25) is 0 Å². The fourth-order valence-electron chi connectivity index (χ4n) is 5.87. The molecule has 0 aliphatic carbocycles. The minimum atomic E-state index is 0.251. The van der Waals surface area contributed by atoms with E-state index in [2.05, 4.69) is 66.5 Å². The molecule has 2 aliphatic heterocycles. The van der Waals surface area contributed by atoms with E-state index >= 15 is 0 Å². The number of benzene rings is 2. The average molecular weight is 556 g/mol. The molecule has 1 unspecified atom stereocenters. The SMILES string of the molecule is OCC(CC1CCN(C(=S)Nc2cccc(Br)c2)CC1)N1CCC(c2c[nH]c3ccccc23)CC1. The van der Waals surface area contributed by atoms with E-state index in [4.69, 9.17) is 12.2 Å². The van der Waals surface area contributed by atoms with Gasteiger partial charge in [0.15, 0.2) is 5.11 Å². The predicted molar refractivity (Wildman–Crippen MR) is 152 cm³/mol. The Morgan fingerprint density at radius 1 is 1.06 bits per heavy atom. The van der Waals surface area contributed by atoms with Gasteiger partial charge in [-0.05, 0) is 99.1 Å². The first-order valence-corrected chi connectivity index (χ1v) is 14.0. The summed E-state index contributed by atoms with van der Waals surface area (Å²) in [5.74, 6) is 1.24. The highest BCUT2D eigenvalue weighted by Crippen LogP contribution is 2.34. The minimum Gasteiger partial charge on any atom is -0.395 e. The molecule has 3 N–H and O–H groups in total.